The first-order valence-electron chi connectivity index (χ1n) is 9.79. The summed E-state index contributed by atoms with van der Waals surface area (Å²) in [4.78, 5) is 28.2. The molecule has 0 saturated carbocycles. The molecule has 0 radical (unpaired) electrons. The molecule has 156 valence electrons. The number of benzene rings is 1. The van der Waals surface area contributed by atoms with Gasteiger partial charge in [0.2, 0.25) is 0 Å². The van der Waals surface area contributed by atoms with Crippen LogP contribution in [0.4, 0.5) is 0 Å². The fourth-order valence-electron chi connectivity index (χ4n) is 3.46. The van der Waals surface area contributed by atoms with E-state index in [9.17, 15) is 14.2 Å². The van der Waals surface area contributed by atoms with Crippen LogP contribution in [-0.2, 0) is 20.6 Å². The van der Waals surface area contributed by atoms with Gasteiger partial charge < -0.3 is 27.1 Å². The van der Waals surface area contributed by atoms with Crippen LogP contribution < -0.4 is 27.2 Å². The van der Waals surface area contributed by atoms with Crippen molar-refractivity contribution in [1.82, 2.24) is 20.7 Å². The molecule has 3 rings (SSSR count). The molecule has 1 fully saturated rings. The number of para-hydroxylation sites is 1. The quantitative estimate of drug-likeness (QED) is 0.197. The number of nitrogens with two attached hydrogens (primary N) is 2. The van der Waals surface area contributed by atoms with Gasteiger partial charge in [-0.05, 0) is 35.6 Å². The number of H-pyrrole nitrogens is 1. The lowest BCUT2D eigenvalue weighted by molar-refractivity contribution is -0.127. The van der Waals surface area contributed by atoms with Gasteiger partial charge >= 0.3 is 7.95 Å². The van der Waals surface area contributed by atoms with E-state index in [1.165, 1.54) is 0 Å². The summed E-state index contributed by atoms with van der Waals surface area (Å²) in [5.74, 6) is -0.751. The highest BCUT2D eigenvalue weighted by molar-refractivity contribution is 7.44. The molecule has 10 heteroatoms. The fraction of sp³-hybridized carbons (Fsp3) is 0.474. The van der Waals surface area contributed by atoms with E-state index in [1.807, 2.05) is 24.3 Å². The third-order valence-corrected chi connectivity index (χ3v) is 6.74. The first-order chi connectivity index (χ1) is 13.9. The number of carbonyl (C=O) groups excluding carboxylic acids is 2. The van der Waals surface area contributed by atoms with Gasteiger partial charge in [0.1, 0.15) is 0 Å². The van der Waals surface area contributed by atoms with E-state index in [2.05, 4.69) is 20.7 Å². The number of aromatic amines is 1. The summed E-state index contributed by atoms with van der Waals surface area (Å²) in [5.41, 5.74) is 11.4. The smallest absolute Gasteiger partial charge is 0.361 e. The van der Waals surface area contributed by atoms with Crippen LogP contribution in [0, 0.1) is 0 Å². The Morgan fingerprint density at radius 1 is 1.34 bits per heavy atom. The first kappa shape index (κ1) is 21.4. The predicted octanol–water partition coefficient (Wildman–Crippen LogP) is 0.441. The number of hydrogen-bond acceptors (Lipinski definition) is 5. The molecule has 9 nitrogen and oxygen atoms in total. The third-order valence-electron chi connectivity index (χ3n) is 5.06. The number of carbonyl (C=O) groups is 2. The number of amides is 2. The number of rotatable bonds is 9. The summed E-state index contributed by atoms with van der Waals surface area (Å²) >= 11 is 0. The maximum Gasteiger partial charge on any atom is 0.447 e. The average Bonchev–Trinajstić information content (AvgIpc) is 3.11. The van der Waals surface area contributed by atoms with Crippen molar-refractivity contribution < 1.29 is 14.2 Å². The second-order valence-electron chi connectivity index (χ2n) is 7.29. The molecule has 2 aromatic rings. The minimum absolute atomic E-state index is 0.112. The van der Waals surface area contributed by atoms with Crippen molar-refractivity contribution >= 4 is 30.7 Å². The van der Waals surface area contributed by atoms with Gasteiger partial charge in [-0.3, -0.25) is 9.59 Å². The Labute approximate surface area is 170 Å². The van der Waals surface area contributed by atoms with Crippen LogP contribution >= 0.6 is 7.95 Å². The minimum Gasteiger partial charge on any atom is -0.361 e. The van der Waals surface area contributed by atoms with Gasteiger partial charge in [-0.15, -0.1) is 0 Å². The molecule has 1 saturated heterocycles. The van der Waals surface area contributed by atoms with Crippen molar-refractivity contribution in [3.63, 3.8) is 0 Å². The number of piperidine rings is 1. The van der Waals surface area contributed by atoms with Gasteiger partial charge in [-0.2, -0.15) is 0 Å². The molecule has 3 atom stereocenters. The Morgan fingerprint density at radius 2 is 2.14 bits per heavy atom. The normalized spacial score (nSPS) is 19.4. The van der Waals surface area contributed by atoms with Gasteiger partial charge in [0.25, 0.3) is 17.5 Å². The summed E-state index contributed by atoms with van der Waals surface area (Å²) in [5, 5.41) is 9.20. The molecule has 0 spiro atoms. The van der Waals surface area contributed by atoms with Crippen molar-refractivity contribution in [3.8, 4) is 0 Å². The SMILES string of the molecule is NCCCNC(=O)C(N)(Cc1c[nH]c2ccccc12)N[P+](=O)[C@H]1CCCNC1=O. The lowest BCUT2D eigenvalue weighted by atomic mass is 10.00. The summed E-state index contributed by atoms with van der Waals surface area (Å²) in [7, 11) is -2.23. The number of nitrogens with one attached hydrogen (secondary N) is 4. The zero-order valence-electron chi connectivity index (χ0n) is 16.2. The Morgan fingerprint density at radius 3 is 2.90 bits per heavy atom. The van der Waals surface area contributed by atoms with E-state index < -0.39 is 25.2 Å². The molecule has 8 N–H and O–H groups in total. The third kappa shape index (κ3) is 5.00. The van der Waals surface area contributed by atoms with Crippen LogP contribution in [-0.4, -0.2) is 47.8 Å². The maximum atomic E-state index is 12.9. The lowest BCUT2D eigenvalue weighted by Crippen LogP contribution is -2.63. The van der Waals surface area contributed by atoms with Crippen LogP contribution in [0.25, 0.3) is 10.9 Å². The van der Waals surface area contributed by atoms with E-state index in [0.29, 0.717) is 32.5 Å². The van der Waals surface area contributed by atoms with E-state index in [-0.39, 0.29) is 12.3 Å². The molecule has 0 bridgehead atoms. The zero-order chi connectivity index (χ0) is 20.9. The second kappa shape index (κ2) is 9.45. The molecule has 1 aliphatic heterocycles. The van der Waals surface area contributed by atoms with E-state index in [4.69, 9.17) is 11.5 Å². The number of fused-ring (bicyclic) bond motifs is 1. The van der Waals surface area contributed by atoms with Crippen molar-refractivity contribution in [2.24, 2.45) is 11.5 Å². The Hall–Kier alpha value is -2.32. The van der Waals surface area contributed by atoms with E-state index in [1.54, 1.807) is 6.20 Å². The van der Waals surface area contributed by atoms with Gasteiger partial charge in [0, 0.05) is 43.0 Å². The average molecular weight is 419 g/mol. The highest BCUT2D eigenvalue weighted by Gasteiger charge is 2.48. The van der Waals surface area contributed by atoms with Crippen molar-refractivity contribution in [3.05, 3.63) is 36.0 Å². The molecule has 2 amide bonds. The van der Waals surface area contributed by atoms with E-state index >= 15 is 0 Å². The molecule has 2 heterocycles. The summed E-state index contributed by atoms with van der Waals surface area (Å²) < 4.78 is 12.9. The molecular formula is C19H28N6O3P+. The van der Waals surface area contributed by atoms with E-state index in [0.717, 1.165) is 22.9 Å². The standard InChI is InChI=1S/C19H27N6O3P/c20-8-4-10-23-18(27)19(21,25-29(28)16-7-3-9-22-17(16)26)11-13-12-24-15-6-2-1-5-14(13)15/h1-2,5-6,12,16,24H,3-4,7-11,20-21H2,(H2-,22,23,25,26,27,28)/p+1/t16-,19?/m0/s1. The molecule has 1 aromatic carbocycles. The lowest BCUT2D eigenvalue weighted by Gasteiger charge is -2.26. The molecular weight excluding hydrogens is 391 g/mol. The Balaban J connectivity index is 1.83. The highest BCUT2D eigenvalue weighted by atomic mass is 31.1. The summed E-state index contributed by atoms with van der Waals surface area (Å²) in [6, 6.07) is 7.68. The Kier molecular flexibility index (Phi) is 6.97. The van der Waals surface area contributed by atoms with Crippen molar-refractivity contribution in [2.75, 3.05) is 19.6 Å². The Bertz CT molecular complexity index is 901. The first-order valence-corrected chi connectivity index (χ1v) is 11.1. The van der Waals surface area contributed by atoms with Crippen LogP contribution in [0.2, 0.25) is 0 Å². The predicted molar refractivity (Wildman–Crippen MR) is 112 cm³/mol. The summed E-state index contributed by atoms with van der Waals surface area (Å²) in [6.07, 6.45) is 3.74. The number of aromatic nitrogens is 1. The molecule has 0 aliphatic carbocycles. The highest BCUT2D eigenvalue weighted by Crippen LogP contribution is 2.32. The maximum absolute atomic E-state index is 12.9. The summed E-state index contributed by atoms with van der Waals surface area (Å²) in [6.45, 7) is 1.37. The van der Waals surface area contributed by atoms with Crippen LogP contribution in [0.1, 0.15) is 24.8 Å². The largest absolute Gasteiger partial charge is 0.447 e. The molecule has 29 heavy (non-hydrogen) atoms. The molecule has 1 aromatic heterocycles. The second-order valence-corrected chi connectivity index (χ2v) is 8.79. The van der Waals surface area contributed by atoms with Gasteiger partial charge in [-0.1, -0.05) is 23.3 Å². The molecule has 1 aliphatic rings. The van der Waals surface area contributed by atoms with Crippen molar-refractivity contribution in [2.45, 2.75) is 37.0 Å². The van der Waals surface area contributed by atoms with Crippen LogP contribution in [0.3, 0.4) is 0 Å². The number of hydrogen-bond donors (Lipinski definition) is 6. The van der Waals surface area contributed by atoms with Gasteiger partial charge in [-0.25, -0.2) is 0 Å². The minimum atomic E-state index is -2.23. The van der Waals surface area contributed by atoms with Gasteiger partial charge in [0.05, 0.1) is 0 Å². The fourth-order valence-corrected chi connectivity index (χ4v) is 4.92. The zero-order valence-corrected chi connectivity index (χ0v) is 17.1. The topological polar surface area (TPSA) is 155 Å². The monoisotopic (exact) mass is 419 g/mol. The van der Waals surface area contributed by atoms with Crippen molar-refractivity contribution in [1.29, 1.82) is 0 Å². The van der Waals surface area contributed by atoms with Crippen LogP contribution in [0.15, 0.2) is 30.5 Å². The van der Waals surface area contributed by atoms with Gasteiger partial charge in [0.15, 0.2) is 5.66 Å². The van der Waals surface area contributed by atoms with Crippen LogP contribution in [0.5, 0.6) is 0 Å². The molecule has 2 unspecified atom stereocenters.